The Morgan fingerprint density at radius 2 is 1.58 bits per heavy atom. The molecule has 0 aliphatic rings. The van der Waals surface area contributed by atoms with Gasteiger partial charge >= 0.3 is 0 Å². The summed E-state index contributed by atoms with van der Waals surface area (Å²) in [4.78, 5) is 12.6. The van der Waals surface area contributed by atoms with Crippen LogP contribution in [-0.2, 0) is 0 Å². The van der Waals surface area contributed by atoms with Crippen molar-refractivity contribution < 1.29 is 4.79 Å². The van der Waals surface area contributed by atoms with Crippen LogP contribution >= 0.6 is 0 Å². The van der Waals surface area contributed by atoms with Crippen molar-refractivity contribution in [2.45, 2.75) is 19.8 Å². The van der Waals surface area contributed by atoms with Crippen LogP contribution in [0.3, 0.4) is 0 Å². The number of hydrogen-bond donors (Lipinski definition) is 0. The van der Waals surface area contributed by atoms with E-state index in [1.54, 1.807) is 0 Å². The summed E-state index contributed by atoms with van der Waals surface area (Å²) in [6.07, 6.45) is 0. The Morgan fingerprint density at radius 1 is 1.00 bits per heavy atom. The lowest BCUT2D eigenvalue weighted by atomic mass is 9.88. The van der Waals surface area contributed by atoms with Crippen molar-refractivity contribution in [1.82, 2.24) is 0 Å². The average Bonchev–Trinajstić information content (AvgIpc) is 2.40. The van der Waals surface area contributed by atoms with E-state index in [1.807, 2.05) is 62.4 Å². The third-order valence-corrected chi connectivity index (χ3v) is 3.25. The number of nitrogens with zero attached hydrogens (tertiary/aromatic N) is 1. The van der Waals surface area contributed by atoms with Gasteiger partial charge in [-0.05, 0) is 30.5 Å². The van der Waals surface area contributed by atoms with Crippen molar-refractivity contribution >= 4 is 5.78 Å². The molecule has 0 spiro atoms. The van der Waals surface area contributed by atoms with E-state index < -0.39 is 5.92 Å². The van der Waals surface area contributed by atoms with Crippen LogP contribution in [-0.4, -0.2) is 5.78 Å². The molecular formula is C17H15NO. The molecule has 2 rings (SSSR count). The fourth-order valence-electron chi connectivity index (χ4n) is 2.28. The Bertz CT molecular complexity index is 618. The van der Waals surface area contributed by atoms with Gasteiger partial charge < -0.3 is 0 Å². The molecule has 2 aromatic carbocycles. The van der Waals surface area contributed by atoms with Gasteiger partial charge in [0.25, 0.3) is 0 Å². The molecule has 94 valence electrons. The molecule has 0 fully saturated rings. The standard InChI is InChI=1S/C17H15NO/c1-12-7-6-8-13(2)16(12)17(19)15(11-18)14-9-4-3-5-10-14/h3-10,15H,1-2H3. The SMILES string of the molecule is Cc1cccc(C)c1C(=O)C(C#N)c1ccccc1. The zero-order valence-electron chi connectivity index (χ0n) is 11.1. The number of aryl methyl sites for hydroxylation is 2. The van der Waals surface area contributed by atoms with Crippen LogP contribution in [0.2, 0.25) is 0 Å². The Hall–Kier alpha value is -2.40. The van der Waals surface area contributed by atoms with Crippen LogP contribution in [0.25, 0.3) is 0 Å². The number of rotatable bonds is 3. The van der Waals surface area contributed by atoms with Crippen LogP contribution in [0.15, 0.2) is 48.5 Å². The number of carbonyl (C=O) groups is 1. The van der Waals surface area contributed by atoms with Gasteiger partial charge in [0.1, 0.15) is 5.92 Å². The molecule has 0 heterocycles. The molecule has 0 aliphatic heterocycles. The zero-order valence-corrected chi connectivity index (χ0v) is 11.1. The van der Waals surface area contributed by atoms with Crippen LogP contribution in [0, 0.1) is 25.2 Å². The molecule has 0 aliphatic carbocycles. The van der Waals surface area contributed by atoms with Gasteiger partial charge in [-0.1, -0.05) is 48.5 Å². The summed E-state index contributed by atoms with van der Waals surface area (Å²) < 4.78 is 0. The number of carbonyl (C=O) groups excluding carboxylic acids is 1. The monoisotopic (exact) mass is 249 g/mol. The summed E-state index contributed by atoms with van der Waals surface area (Å²) in [7, 11) is 0. The van der Waals surface area contributed by atoms with E-state index in [1.165, 1.54) is 0 Å². The fraction of sp³-hybridized carbons (Fsp3) is 0.176. The van der Waals surface area contributed by atoms with Gasteiger partial charge in [-0.2, -0.15) is 5.26 Å². The second-order valence-electron chi connectivity index (χ2n) is 4.60. The highest BCUT2D eigenvalue weighted by Crippen LogP contribution is 2.24. The molecule has 1 unspecified atom stereocenters. The fourth-order valence-corrected chi connectivity index (χ4v) is 2.28. The van der Waals surface area contributed by atoms with Gasteiger partial charge in [0.2, 0.25) is 0 Å². The molecule has 0 aromatic heterocycles. The third kappa shape index (κ3) is 2.56. The smallest absolute Gasteiger partial charge is 0.184 e. The largest absolute Gasteiger partial charge is 0.292 e. The van der Waals surface area contributed by atoms with Gasteiger partial charge in [-0.25, -0.2) is 0 Å². The highest BCUT2D eigenvalue weighted by Gasteiger charge is 2.24. The first kappa shape index (κ1) is 13.0. The van der Waals surface area contributed by atoms with E-state index in [4.69, 9.17) is 0 Å². The maximum atomic E-state index is 12.6. The average molecular weight is 249 g/mol. The summed E-state index contributed by atoms with van der Waals surface area (Å²) in [5, 5.41) is 9.32. The van der Waals surface area contributed by atoms with E-state index in [-0.39, 0.29) is 5.78 Å². The quantitative estimate of drug-likeness (QED) is 0.776. The van der Waals surface area contributed by atoms with Crippen molar-refractivity contribution in [3.05, 3.63) is 70.8 Å². The van der Waals surface area contributed by atoms with Crippen molar-refractivity contribution in [3.8, 4) is 6.07 Å². The maximum Gasteiger partial charge on any atom is 0.184 e. The maximum absolute atomic E-state index is 12.6. The second-order valence-corrected chi connectivity index (χ2v) is 4.60. The van der Waals surface area contributed by atoms with Gasteiger partial charge in [-0.15, -0.1) is 0 Å². The Kier molecular flexibility index (Phi) is 3.77. The van der Waals surface area contributed by atoms with Crippen molar-refractivity contribution in [1.29, 1.82) is 5.26 Å². The summed E-state index contributed by atoms with van der Waals surface area (Å²) in [5.74, 6) is -0.856. The number of hydrogen-bond acceptors (Lipinski definition) is 2. The molecule has 1 atom stereocenters. The van der Waals surface area contributed by atoms with Gasteiger partial charge in [-0.3, -0.25) is 4.79 Å². The van der Waals surface area contributed by atoms with Gasteiger partial charge in [0.05, 0.1) is 6.07 Å². The molecule has 0 saturated heterocycles. The van der Waals surface area contributed by atoms with E-state index in [2.05, 4.69) is 6.07 Å². The van der Waals surface area contributed by atoms with Crippen molar-refractivity contribution in [2.75, 3.05) is 0 Å². The molecule has 0 radical (unpaired) electrons. The minimum atomic E-state index is -0.735. The molecule has 2 aromatic rings. The summed E-state index contributed by atoms with van der Waals surface area (Å²) >= 11 is 0. The van der Waals surface area contributed by atoms with Crippen molar-refractivity contribution in [3.63, 3.8) is 0 Å². The lowest BCUT2D eigenvalue weighted by molar-refractivity contribution is 0.0977. The first-order valence-electron chi connectivity index (χ1n) is 6.20. The molecule has 0 bridgehead atoms. The predicted molar refractivity (Wildman–Crippen MR) is 75.0 cm³/mol. The van der Waals surface area contributed by atoms with Crippen LogP contribution in [0.5, 0.6) is 0 Å². The third-order valence-electron chi connectivity index (χ3n) is 3.25. The summed E-state index contributed by atoms with van der Waals surface area (Å²) in [5.41, 5.74) is 3.25. The Labute approximate surface area is 113 Å². The number of benzene rings is 2. The topological polar surface area (TPSA) is 40.9 Å². The summed E-state index contributed by atoms with van der Waals surface area (Å²) in [6, 6.07) is 17.1. The van der Waals surface area contributed by atoms with E-state index in [9.17, 15) is 10.1 Å². The first-order valence-corrected chi connectivity index (χ1v) is 6.20. The van der Waals surface area contributed by atoms with Gasteiger partial charge in [0.15, 0.2) is 5.78 Å². The van der Waals surface area contributed by atoms with E-state index in [0.717, 1.165) is 16.7 Å². The Balaban J connectivity index is 2.46. The molecule has 2 heteroatoms. The molecular weight excluding hydrogens is 234 g/mol. The highest BCUT2D eigenvalue weighted by atomic mass is 16.1. The molecule has 0 amide bonds. The number of ketones is 1. The molecule has 19 heavy (non-hydrogen) atoms. The highest BCUT2D eigenvalue weighted by molar-refractivity contribution is 6.04. The lowest BCUT2D eigenvalue weighted by Gasteiger charge is -2.13. The number of Topliss-reactive ketones (excluding diaryl/α,β-unsaturated/α-hetero) is 1. The number of nitriles is 1. The van der Waals surface area contributed by atoms with Crippen LogP contribution in [0.1, 0.15) is 33.0 Å². The normalized spacial score (nSPS) is 11.6. The second kappa shape index (κ2) is 5.49. The zero-order chi connectivity index (χ0) is 13.8. The molecule has 0 saturated carbocycles. The first-order chi connectivity index (χ1) is 9.15. The molecule has 2 nitrogen and oxygen atoms in total. The van der Waals surface area contributed by atoms with Crippen LogP contribution in [0.4, 0.5) is 0 Å². The lowest BCUT2D eigenvalue weighted by Crippen LogP contribution is -2.14. The van der Waals surface area contributed by atoms with E-state index in [0.29, 0.717) is 5.56 Å². The minimum Gasteiger partial charge on any atom is -0.292 e. The predicted octanol–water partition coefficient (Wildman–Crippen LogP) is 3.79. The van der Waals surface area contributed by atoms with Crippen molar-refractivity contribution in [2.24, 2.45) is 0 Å². The van der Waals surface area contributed by atoms with E-state index >= 15 is 0 Å². The molecule has 0 N–H and O–H groups in total. The minimum absolute atomic E-state index is 0.121. The summed E-state index contributed by atoms with van der Waals surface area (Å²) in [6.45, 7) is 3.80. The van der Waals surface area contributed by atoms with Gasteiger partial charge in [0, 0.05) is 5.56 Å². The Morgan fingerprint density at radius 3 is 2.11 bits per heavy atom. The van der Waals surface area contributed by atoms with Crippen LogP contribution < -0.4 is 0 Å².